The van der Waals surface area contributed by atoms with Crippen molar-refractivity contribution >= 4 is 17.6 Å². The smallest absolute Gasteiger partial charge is 0.308 e. The van der Waals surface area contributed by atoms with E-state index in [4.69, 9.17) is 14.0 Å². The van der Waals surface area contributed by atoms with Crippen molar-refractivity contribution in [2.24, 2.45) is 0 Å². The van der Waals surface area contributed by atoms with Crippen LogP contribution in [0.25, 0.3) is 23.0 Å². The number of methoxy groups -OCH3 is 2. The van der Waals surface area contributed by atoms with Crippen molar-refractivity contribution in [1.29, 1.82) is 0 Å². The third kappa shape index (κ3) is 4.82. The molecule has 150 valence electrons. The first-order valence-electron chi connectivity index (χ1n) is 9.11. The molecule has 0 saturated heterocycles. The van der Waals surface area contributed by atoms with Crippen LogP contribution in [0.15, 0.2) is 47.0 Å². The maximum atomic E-state index is 11.3. The van der Waals surface area contributed by atoms with Gasteiger partial charge < -0.3 is 19.1 Å². The number of carboxylic acid groups (broad SMARTS) is 1. The van der Waals surface area contributed by atoms with Gasteiger partial charge >= 0.3 is 5.97 Å². The normalized spacial score (nSPS) is 11.3. The molecular weight excluding hydrogens is 372 g/mol. The molecule has 1 heterocycles. The summed E-state index contributed by atoms with van der Waals surface area (Å²) in [7, 11) is 3.10. The van der Waals surface area contributed by atoms with Gasteiger partial charge in [-0.15, -0.1) is 0 Å². The fraction of sp³-hybridized carbons (Fsp3) is 0.227. The lowest BCUT2D eigenvalue weighted by molar-refractivity contribution is -0.135. The lowest BCUT2D eigenvalue weighted by Crippen LogP contribution is -1.98. The molecule has 3 aromatic rings. The van der Waals surface area contributed by atoms with Crippen molar-refractivity contribution in [3.8, 4) is 22.9 Å². The van der Waals surface area contributed by atoms with Gasteiger partial charge in [-0.2, -0.15) is 4.98 Å². The quantitative estimate of drug-likeness (QED) is 0.607. The summed E-state index contributed by atoms with van der Waals surface area (Å²) >= 11 is 0. The van der Waals surface area contributed by atoms with Crippen LogP contribution in [0.3, 0.4) is 0 Å². The summed E-state index contributed by atoms with van der Waals surface area (Å²) < 4.78 is 15.9. The maximum absolute atomic E-state index is 11.3. The molecule has 0 saturated carbocycles. The van der Waals surface area contributed by atoms with E-state index in [9.17, 15) is 9.90 Å². The van der Waals surface area contributed by atoms with Crippen molar-refractivity contribution in [3.05, 3.63) is 59.5 Å². The Bertz CT molecular complexity index is 1020. The minimum Gasteiger partial charge on any atom is -0.493 e. The predicted octanol–water partition coefficient (Wildman–Crippen LogP) is 4.33. The zero-order valence-corrected chi connectivity index (χ0v) is 16.5. The highest BCUT2D eigenvalue weighted by atomic mass is 16.5. The van der Waals surface area contributed by atoms with Crippen molar-refractivity contribution in [2.45, 2.75) is 19.8 Å². The van der Waals surface area contributed by atoms with E-state index < -0.39 is 5.97 Å². The first kappa shape index (κ1) is 20.1. The van der Waals surface area contributed by atoms with Crippen LogP contribution in [0.1, 0.15) is 30.4 Å². The Morgan fingerprint density at radius 2 is 1.83 bits per heavy atom. The third-order valence-corrected chi connectivity index (χ3v) is 4.41. The first-order chi connectivity index (χ1) is 14.0. The van der Waals surface area contributed by atoms with E-state index in [-0.39, 0.29) is 12.3 Å². The van der Waals surface area contributed by atoms with E-state index >= 15 is 0 Å². The second-order valence-corrected chi connectivity index (χ2v) is 6.33. The Morgan fingerprint density at radius 1 is 1.10 bits per heavy atom. The lowest BCUT2D eigenvalue weighted by Gasteiger charge is -2.07. The fourth-order valence-corrected chi connectivity index (χ4v) is 2.85. The number of aromatic nitrogens is 2. The zero-order valence-electron chi connectivity index (χ0n) is 16.5. The standard InChI is InChI=1S/C22H22N2O5/c1-4-14-5-7-15(8-6-14)11-17(13-20(25)26)22-23-21(24-29-22)16-9-10-18(27-2)19(12-16)28-3/h5-12H,4,13H2,1-3H3,(H,25,26)/b17-11+. The van der Waals surface area contributed by atoms with Gasteiger partial charge in [0.2, 0.25) is 5.82 Å². The second-order valence-electron chi connectivity index (χ2n) is 6.33. The van der Waals surface area contributed by atoms with Gasteiger partial charge in [-0.25, -0.2) is 0 Å². The SMILES string of the molecule is CCc1ccc(/C=C(\CC(=O)O)c2nc(-c3ccc(OC)c(OC)c3)no2)cc1. The molecule has 0 unspecified atom stereocenters. The lowest BCUT2D eigenvalue weighted by atomic mass is 10.1. The van der Waals surface area contributed by atoms with Crippen LogP contribution in [-0.2, 0) is 11.2 Å². The number of benzene rings is 2. The molecule has 0 amide bonds. The highest BCUT2D eigenvalue weighted by molar-refractivity contribution is 5.89. The van der Waals surface area contributed by atoms with Gasteiger partial charge in [0.05, 0.1) is 20.6 Å². The molecule has 0 atom stereocenters. The van der Waals surface area contributed by atoms with Gasteiger partial charge in [-0.1, -0.05) is 36.3 Å². The average Bonchev–Trinajstić information content (AvgIpc) is 3.23. The molecule has 0 aliphatic carbocycles. The number of ether oxygens (including phenoxy) is 2. The summed E-state index contributed by atoms with van der Waals surface area (Å²) in [6.45, 7) is 2.08. The van der Waals surface area contributed by atoms with Crippen LogP contribution in [0, 0.1) is 0 Å². The van der Waals surface area contributed by atoms with Gasteiger partial charge in [0.25, 0.3) is 5.89 Å². The molecule has 0 fully saturated rings. The van der Waals surface area contributed by atoms with E-state index in [0.29, 0.717) is 28.5 Å². The number of hydrogen-bond donors (Lipinski definition) is 1. The number of nitrogens with zero attached hydrogens (tertiary/aromatic N) is 2. The number of rotatable bonds is 8. The molecule has 0 aliphatic rings. The van der Waals surface area contributed by atoms with Crippen molar-refractivity contribution in [2.75, 3.05) is 14.2 Å². The van der Waals surface area contributed by atoms with Gasteiger partial charge in [0.15, 0.2) is 11.5 Å². The minimum absolute atomic E-state index is 0.164. The van der Waals surface area contributed by atoms with Crippen molar-refractivity contribution in [1.82, 2.24) is 10.1 Å². The summed E-state index contributed by atoms with van der Waals surface area (Å²) in [6, 6.07) is 13.1. The number of aryl methyl sites for hydroxylation is 1. The summed E-state index contributed by atoms with van der Waals surface area (Å²) in [4.78, 5) is 15.7. The Labute approximate surface area is 168 Å². The highest BCUT2D eigenvalue weighted by Gasteiger charge is 2.17. The van der Waals surface area contributed by atoms with Crippen LogP contribution in [0.5, 0.6) is 11.5 Å². The average molecular weight is 394 g/mol. The van der Waals surface area contributed by atoms with Crippen molar-refractivity contribution < 1.29 is 23.9 Å². The molecule has 1 aromatic heterocycles. The van der Waals surface area contributed by atoms with Gasteiger partial charge in [-0.05, 0) is 41.8 Å². The molecule has 0 radical (unpaired) electrons. The van der Waals surface area contributed by atoms with Crippen molar-refractivity contribution in [3.63, 3.8) is 0 Å². The number of carbonyl (C=O) groups is 1. The van der Waals surface area contributed by atoms with Crippen LogP contribution < -0.4 is 9.47 Å². The summed E-state index contributed by atoms with van der Waals surface area (Å²) in [5.74, 6) is 0.637. The largest absolute Gasteiger partial charge is 0.493 e. The molecule has 29 heavy (non-hydrogen) atoms. The molecular formula is C22H22N2O5. The Kier molecular flexibility index (Phi) is 6.29. The Balaban J connectivity index is 1.95. The van der Waals surface area contributed by atoms with Gasteiger partial charge in [-0.3, -0.25) is 4.79 Å². The zero-order chi connectivity index (χ0) is 20.8. The van der Waals surface area contributed by atoms with Crippen LogP contribution in [0.2, 0.25) is 0 Å². The maximum Gasteiger partial charge on any atom is 0.308 e. The van der Waals surface area contributed by atoms with Gasteiger partial charge in [0, 0.05) is 11.1 Å². The van der Waals surface area contributed by atoms with E-state index in [1.807, 2.05) is 24.3 Å². The summed E-state index contributed by atoms with van der Waals surface area (Å²) in [5, 5.41) is 13.3. The predicted molar refractivity (Wildman–Crippen MR) is 109 cm³/mol. The third-order valence-electron chi connectivity index (χ3n) is 4.41. The van der Waals surface area contributed by atoms with Gasteiger partial charge in [0.1, 0.15) is 0 Å². The highest BCUT2D eigenvalue weighted by Crippen LogP contribution is 2.32. The molecule has 1 N–H and O–H groups in total. The molecule has 7 nitrogen and oxygen atoms in total. The molecule has 0 spiro atoms. The molecule has 2 aromatic carbocycles. The minimum atomic E-state index is -0.979. The van der Waals surface area contributed by atoms with E-state index in [0.717, 1.165) is 12.0 Å². The van der Waals surface area contributed by atoms with Crippen LogP contribution >= 0.6 is 0 Å². The van der Waals surface area contributed by atoms with Crippen LogP contribution in [0.4, 0.5) is 0 Å². The first-order valence-corrected chi connectivity index (χ1v) is 9.11. The van der Waals surface area contributed by atoms with E-state index in [1.165, 1.54) is 5.56 Å². The number of carboxylic acids is 1. The summed E-state index contributed by atoms with van der Waals surface area (Å²) in [6.07, 6.45) is 2.45. The molecule has 3 rings (SSSR count). The molecule has 7 heteroatoms. The monoisotopic (exact) mass is 394 g/mol. The Hall–Kier alpha value is -3.61. The van der Waals surface area contributed by atoms with E-state index in [1.54, 1.807) is 38.5 Å². The number of aliphatic carboxylic acids is 1. The van der Waals surface area contributed by atoms with Crippen LogP contribution in [-0.4, -0.2) is 35.4 Å². The topological polar surface area (TPSA) is 94.7 Å². The Morgan fingerprint density at radius 3 is 2.45 bits per heavy atom. The second kappa shape index (κ2) is 9.05. The molecule has 0 aliphatic heterocycles. The fourth-order valence-electron chi connectivity index (χ4n) is 2.85. The number of hydrogen-bond acceptors (Lipinski definition) is 6. The van der Waals surface area contributed by atoms with E-state index in [2.05, 4.69) is 17.1 Å². The summed E-state index contributed by atoms with van der Waals surface area (Å²) in [5.41, 5.74) is 3.17. The molecule has 0 bridgehead atoms.